The fraction of sp³-hybridized carbons (Fsp3) is 0.944. The van der Waals surface area contributed by atoms with E-state index in [1.807, 2.05) is 0 Å². The second-order valence-corrected chi connectivity index (χ2v) is 30.8. The highest BCUT2D eigenvalue weighted by atomic mass is 31.2. The normalized spacial score (nSPS) is 14.2. The van der Waals surface area contributed by atoms with Crippen molar-refractivity contribution >= 4 is 39.5 Å². The van der Waals surface area contributed by atoms with Gasteiger partial charge in [0.05, 0.1) is 26.4 Å². The number of carbonyl (C=O) groups is 4. The van der Waals surface area contributed by atoms with Crippen LogP contribution >= 0.6 is 15.6 Å². The zero-order valence-electron chi connectivity index (χ0n) is 59.5. The monoisotopic (exact) mass is 1340 g/mol. The van der Waals surface area contributed by atoms with Crippen molar-refractivity contribution in [1.29, 1.82) is 0 Å². The van der Waals surface area contributed by atoms with Crippen molar-refractivity contribution in [3.63, 3.8) is 0 Å². The van der Waals surface area contributed by atoms with Crippen LogP contribution in [0, 0.1) is 23.7 Å². The van der Waals surface area contributed by atoms with Crippen LogP contribution in [-0.2, 0) is 65.4 Å². The van der Waals surface area contributed by atoms with E-state index in [4.69, 9.17) is 37.0 Å². The molecule has 0 aromatic rings. The quantitative estimate of drug-likeness (QED) is 0.0222. The Bertz CT molecular complexity index is 1800. The summed E-state index contributed by atoms with van der Waals surface area (Å²) < 4.78 is 68.3. The first-order valence-corrected chi connectivity index (χ1v) is 40.2. The first-order valence-electron chi connectivity index (χ1n) is 37.2. The number of esters is 4. The molecule has 0 heterocycles. The molecule has 17 nitrogen and oxygen atoms in total. The molecule has 0 bridgehead atoms. The molecule has 0 saturated carbocycles. The lowest BCUT2D eigenvalue weighted by molar-refractivity contribution is -0.161. The average molecular weight is 1340 g/mol. The Labute approximate surface area is 556 Å². The number of aliphatic hydroxyl groups excluding tert-OH is 1. The highest BCUT2D eigenvalue weighted by Crippen LogP contribution is 2.45. The zero-order valence-corrected chi connectivity index (χ0v) is 61.3. The van der Waals surface area contributed by atoms with Gasteiger partial charge in [0.1, 0.15) is 19.3 Å². The van der Waals surface area contributed by atoms with Gasteiger partial charge < -0.3 is 33.8 Å². The predicted molar refractivity (Wildman–Crippen MR) is 367 cm³/mol. The van der Waals surface area contributed by atoms with Crippen LogP contribution in [0.1, 0.15) is 357 Å². The first kappa shape index (κ1) is 89.1. The van der Waals surface area contributed by atoms with Crippen molar-refractivity contribution in [2.75, 3.05) is 39.6 Å². The third kappa shape index (κ3) is 66.5. The first-order chi connectivity index (χ1) is 43.6. The predicted octanol–water partition coefficient (Wildman–Crippen LogP) is 20.5. The molecule has 540 valence electrons. The molecule has 91 heavy (non-hydrogen) atoms. The maximum Gasteiger partial charge on any atom is 0.472 e. The molecular formula is C72H140O17P2. The summed E-state index contributed by atoms with van der Waals surface area (Å²) in [6.07, 6.45) is 44.6. The summed E-state index contributed by atoms with van der Waals surface area (Å²) in [5, 5.41) is 10.6. The second kappa shape index (κ2) is 61.6. The Hall–Kier alpha value is -1.94. The molecule has 0 saturated heterocycles. The molecule has 0 aliphatic heterocycles. The molecular weight excluding hydrogens is 1200 g/mol. The third-order valence-electron chi connectivity index (χ3n) is 16.6. The lowest BCUT2D eigenvalue weighted by Crippen LogP contribution is -2.30. The fourth-order valence-corrected chi connectivity index (χ4v) is 12.4. The molecule has 3 N–H and O–H groups in total. The summed E-state index contributed by atoms with van der Waals surface area (Å²) in [6, 6.07) is 0. The van der Waals surface area contributed by atoms with Gasteiger partial charge in [0.25, 0.3) is 0 Å². The number of phosphoric ester groups is 2. The van der Waals surface area contributed by atoms with E-state index in [0.717, 1.165) is 114 Å². The van der Waals surface area contributed by atoms with Gasteiger partial charge in [-0.1, -0.05) is 306 Å². The number of ether oxygens (including phenoxy) is 4. The maximum atomic E-state index is 13.0. The van der Waals surface area contributed by atoms with E-state index in [1.54, 1.807) is 0 Å². The summed E-state index contributed by atoms with van der Waals surface area (Å²) in [5.41, 5.74) is 0. The number of rotatable bonds is 69. The van der Waals surface area contributed by atoms with Gasteiger partial charge in [-0.2, -0.15) is 0 Å². The minimum atomic E-state index is -4.95. The Balaban J connectivity index is 5.25. The largest absolute Gasteiger partial charge is 0.472 e. The number of aliphatic hydroxyl groups is 1. The molecule has 0 aliphatic rings. The summed E-state index contributed by atoms with van der Waals surface area (Å²) >= 11 is 0. The topological polar surface area (TPSA) is 237 Å². The Kier molecular flexibility index (Phi) is 60.3. The summed E-state index contributed by atoms with van der Waals surface area (Å²) in [6.45, 7) is 14.1. The smallest absolute Gasteiger partial charge is 0.462 e. The van der Waals surface area contributed by atoms with Crippen LogP contribution in [0.25, 0.3) is 0 Å². The van der Waals surface area contributed by atoms with Gasteiger partial charge in [-0.15, -0.1) is 0 Å². The standard InChI is InChI=1S/C72H140O17P2/c1-62(2)48-40-32-24-17-13-11-9-10-12-14-20-29-38-46-54-71(76)88-67(58-82-69(74)52-44-36-28-19-16-15-18-25-33-41-49-63(3)4)60-86-90(78,79)84-56-66(73)57-85-91(80,81)87-61-68(59-83-70(75)53-45-37-31-23-27-35-43-51-65(7)8)89-72(77)55-47-39-30-22-21-26-34-42-50-64(5)6/h62-68,73H,9-61H2,1-8H3,(H,78,79)(H,80,81)/t66?,67-,68-/m1/s1. The van der Waals surface area contributed by atoms with E-state index >= 15 is 0 Å². The van der Waals surface area contributed by atoms with E-state index in [1.165, 1.54) is 154 Å². The van der Waals surface area contributed by atoms with Gasteiger partial charge in [-0.05, 0) is 49.4 Å². The van der Waals surface area contributed by atoms with Crippen LogP contribution in [0.2, 0.25) is 0 Å². The van der Waals surface area contributed by atoms with Crippen molar-refractivity contribution in [2.45, 2.75) is 375 Å². The molecule has 0 rings (SSSR count). The third-order valence-corrected chi connectivity index (χ3v) is 18.5. The van der Waals surface area contributed by atoms with Gasteiger partial charge in [0.2, 0.25) is 0 Å². The van der Waals surface area contributed by atoms with Gasteiger partial charge >= 0.3 is 39.5 Å². The van der Waals surface area contributed by atoms with Gasteiger partial charge in [0, 0.05) is 25.7 Å². The zero-order chi connectivity index (χ0) is 67.5. The number of hydrogen-bond acceptors (Lipinski definition) is 15. The molecule has 19 heteroatoms. The molecule has 0 spiro atoms. The van der Waals surface area contributed by atoms with Crippen molar-refractivity contribution < 1.29 is 80.2 Å². The number of carbonyl (C=O) groups excluding carboxylic acids is 4. The molecule has 0 amide bonds. The van der Waals surface area contributed by atoms with Crippen LogP contribution in [0.5, 0.6) is 0 Å². The Morgan fingerprint density at radius 1 is 0.275 bits per heavy atom. The van der Waals surface area contributed by atoms with E-state index < -0.39 is 97.5 Å². The van der Waals surface area contributed by atoms with Gasteiger partial charge in [-0.25, -0.2) is 9.13 Å². The molecule has 3 unspecified atom stereocenters. The van der Waals surface area contributed by atoms with E-state index in [-0.39, 0.29) is 25.7 Å². The molecule has 0 aromatic carbocycles. The van der Waals surface area contributed by atoms with Crippen LogP contribution in [0.4, 0.5) is 0 Å². The molecule has 0 aliphatic carbocycles. The minimum Gasteiger partial charge on any atom is -0.462 e. The van der Waals surface area contributed by atoms with Crippen molar-refractivity contribution in [2.24, 2.45) is 23.7 Å². The molecule has 5 atom stereocenters. The van der Waals surface area contributed by atoms with Gasteiger partial charge in [0.15, 0.2) is 12.2 Å². The summed E-state index contributed by atoms with van der Waals surface area (Å²) in [5.74, 6) is 0.849. The Morgan fingerprint density at radius 2 is 0.462 bits per heavy atom. The van der Waals surface area contributed by atoms with Crippen molar-refractivity contribution in [1.82, 2.24) is 0 Å². The van der Waals surface area contributed by atoms with Crippen LogP contribution in [0.15, 0.2) is 0 Å². The summed E-state index contributed by atoms with van der Waals surface area (Å²) in [4.78, 5) is 72.6. The van der Waals surface area contributed by atoms with Crippen LogP contribution in [0.3, 0.4) is 0 Å². The number of phosphoric acid groups is 2. The minimum absolute atomic E-state index is 0.103. The lowest BCUT2D eigenvalue weighted by atomic mass is 10.0. The Morgan fingerprint density at radius 3 is 0.681 bits per heavy atom. The number of unbranched alkanes of at least 4 members (excludes halogenated alkanes) is 35. The maximum absolute atomic E-state index is 13.0. The SMILES string of the molecule is CC(C)CCCCCCCCCCCCCCCCC(=O)O[C@H](COC(=O)CCCCCCCCCCCCC(C)C)COP(=O)(O)OCC(O)COP(=O)(O)OC[C@@H](COC(=O)CCCCCCCCCC(C)C)OC(=O)CCCCCCCCCCC(C)C. The molecule has 0 aromatic heterocycles. The van der Waals surface area contributed by atoms with E-state index in [9.17, 15) is 43.2 Å². The van der Waals surface area contributed by atoms with E-state index in [0.29, 0.717) is 31.6 Å². The summed E-state index contributed by atoms with van der Waals surface area (Å²) in [7, 11) is -9.91. The molecule has 0 fully saturated rings. The van der Waals surface area contributed by atoms with Crippen molar-refractivity contribution in [3.05, 3.63) is 0 Å². The van der Waals surface area contributed by atoms with Gasteiger partial charge in [-0.3, -0.25) is 37.3 Å². The highest BCUT2D eigenvalue weighted by molar-refractivity contribution is 7.47. The molecule has 0 radical (unpaired) electrons. The van der Waals surface area contributed by atoms with Crippen LogP contribution in [-0.4, -0.2) is 96.7 Å². The van der Waals surface area contributed by atoms with E-state index in [2.05, 4.69) is 55.4 Å². The van der Waals surface area contributed by atoms with Crippen molar-refractivity contribution in [3.8, 4) is 0 Å². The highest BCUT2D eigenvalue weighted by Gasteiger charge is 2.30. The van der Waals surface area contributed by atoms with Crippen LogP contribution < -0.4 is 0 Å². The fourth-order valence-electron chi connectivity index (χ4n) is 10.8. The lowest BCUT2D eigenvalue weighted by Gasteiger charge is -2.21. The number of hydrogen-bond donors (Lipinski definition) is 3. The average Bonchev–Trinajstić information content (AvgIpc) is 3.67. The second-order valence-electron chi connectivity index (χ2n) is 27.9.